The van der Waals surface area contributed by atoms with Crippen LogP contribution in [0.15, 0.2) is 35.6 Å². The molecule has 6 heteroatoms. The molecular formula is C17H21N5O. The summed E-state index contributed by atoms with van der Waals surface area (Å²) in [5.74, 6) is 3.17. The van der Waals surface area contributed by atoms with E-state index in [1.165, 1.54) is 18.9 Å². The molecule has 0 radical (unpaired) electrons. The third kappa shape index (κ3) is 3.25. The number of hydrogen-bond donors (Lipinski definition) is 0. The molecule has 6 nitrogen and oxygen atoms in total. The summed E-state index contributed by atoms with van der Waals surface area (Å²) in [5.41, 5.74) is 0.0345. The molecule has 1 saturated carbocycles. The lowest BCUT2D eigenvalue weighted by molar-refractivity contribution is 0.350. The SMILES string of the molecule is O=c1ccncn1CC1CCN(c2ccnc(C3CC3)n2)CC1. The summed E-state index contributed by atoms with van der Waals surface area (Å²) in [6, 6.07) is 3.53. The van der Waals surface area contributed by atoms with Crippen molar-refractivity contribution in [1.82, 2.24) is 19.5 Å². The normalized spacial score (nSPS) is 19.0. The Hall–Kier alpha value is -2.24. The van der Waals surface area contributed by atoms with E-state index >= 15 is 0 Å². The summed E-state index contributed by atoms with van der Waals surface area (Å²) < 4.78 is 1.72. The second-order valence-electron chi connectivity index (χ2n) is 6.55. The molecule has 4 rings (SSSR count). The molecule has 0 aromatic carbocycles. The van der Waals surface area contributed by atoms with Gasteiger partial charge in [-0.3, -0.25) is 9.36 Å². The highest BCUT2D eigenvalue weighted by Gasteiger charge is 2.27. The van der Waals surface area contributed by atoms with Crippen LogP contribution >= 0.6 is 0 Å². The zero-order valence-corrected chi connectivity index (χ0v) is 13.1. The van der Waals surface area contributed by atoms with Gasteiger partial charge in [0, 0.05) is 44.0 Å². The Morgan fingerprint density at radius 1 is 1.09 bits per heavy atom. The van der Waals surface area contributed by atoms with E-state index in [0.717, 1.165) is 44.1 Å². The number of rotatable bonds is 4. The third-order valence-electron chi connectivity index (χ3n) is 4.79. The number of hydrogen-bond acceptors (Lipinski definition) is 5. The van der Waals surface area contributed by atoms with Crippen molar-refractivity contribution < 1.29 is 0 Å². The highest BCUT2D eigenvalue weighted by Crippen LogP contribution is 2.38. The minimum absolute atomic E-state index is 0.0345. The van der Waals surface area contributed by atoms with Gasteiger partial charge in [-0.2, -0.15) is 0 Å². The summed E-state index contributed by atoms with van der Waals surface area (Å²) in [6.45, 7) is 2.74. The van der Waals surface area contributed by atoms with Crippen molar-refractivity contribution in [3.63, 3.8) is 0 Å². The van der Waals surface area contributed by atoms with Gasteiger partial charge in [0.15, 0.2) is 0 Å². The Bertz CT molecular complexity index is 732. The predicted molar refractivity (Wildman–Crippen MR) is 87.4 cm³/mol. The zero-order valence-electron chi connectivity index (χ0n) is 13.1. The van der Waals surface area contributed by atoms with Gasteiger partial charge >= 0.3 is 0 Å². The third-order valence-corrected chi connectivity index (χ3v) is 4.79. The molecular weight excluding hydrogens is 290 g/mol. The van der Waals surface area contributed by atoms with Crippen LogP contribution in [0, 0.1) is 5.92 Å². The van der Waals surface area contributed by atoms with E-state index < -0.39 is 0 Å². The van der Waals surface area contributed by atoms with Crippen molar-refractivity contribution in [2.75, 3.05) is 18.0 Å². The topological polar surface area (TPSA) is 63.9 Å². The van der Waals surface area contributed by atoms with E-state index in [1.807, 2.05) is 12.3 Å². The van der Waals surface area contributed by atoms with Gasteiger partial charge in [0.25, 0.3) is 5.56 Å². The molecule has 0 atom stereocenters. The number of nitrogens with zero attached hydrogens (tertiary/aromatic N) is 5. The lowest BCUT2D eigenvalue weighted by Gasteiger charge is -2.33. The molecule has 23 heavy (non-hydrogen) atoms. The predicted octanol–water partition coefficient (Wildman–Crippen LogP) is 1.83. The monoisotopic (exact) mass is 311 g/mol. The molecule has 0 unspecified atom stereocenters. The molecule has 1 aliphatic carbocycles. The van der Waals surface area contributed by atoms with Gasteiger partial charge in [-0.1, -0.05) is 0 Å². The van der Waals surface area contributed by atoms with E-state index in [0.29, 0.717) is 11.8 Å². The van der Waals surface area contributed by atoms with Gasteiger partial charge in [0.1, 0.15) is 11.6 Å². The minimum Gasteiger partial charge on any atom is -0.356 e. The van der Waals surface area contributed by atoms with Gasteiger partial charge in [0.05, 0.1) is 6.33 Å². The quantitative estimate of drug-likeness (QED) is 0.862. The molecule has 2 aromatic heterocycles. The van der Waals surface area contributed by atoms with Crippen LogP contribution in [0.25, 0.3) is 0 Å². The molecule has 2 aromatic rings. The van der Waals surface area contributed by atoms with Crippen molar-refractivity contribution in [1.29, 1.82) is 0 Å². The van der Waals surface area contributed by atoms with Crippen LogP contribution in [0.2, 0.25) is 0 Å². The largest absolute Gasteiger partial charge is 0.356 e. The molecule has 0 N–H and O–H groups in total. The van der Waals surface area contributed by atoms with E-state index in [2.05, 4.69) is 14.9 Å². The Morgan fingerprint density at radius 3 is 2.65 bits per heavy atom. The van der Waals surface area contributed by atoms with E-state index in [9.17, 15) is 4.79 Å². The average molecular weight is 311 g/mol. The molecule has 2 fully saturated rings. The summed E-state index contributed by atoms with van der Waals surface area (Å²) >= 11 is 0. The summed E-state index contributed by atoms with van der Waals surface area (Å²) in [6.07, 6.45) is 9.68. The molecule has 1 saturated heterocycles. The fraction of sp³-hybridized carbons (Fsp3) is 0.529. The Morgan fingerprint density at radius 2 is 1.91 bits per heavy atom. The molecule has 0 bridgehead atoms. The second kappa shape index (κ2) is 6.10. The van der Waals surface area contributed by atoms with E-state index in [-0.39, 0.29) is 5.56 Å². The van der Waals surface area contributed by atoms with Crippen molar-refractivity contribution in [2.24, 2.45) is 5.92 Å². The first-order valence-electron chi connectivity index (χ1n) is 8.38. The molecule has 2 aliphatic rings. The number of anilines is 1. The highest BCUT2D eigenvalue weighted by atomic mass is 16.1. The average Bonchev–Trinajstić information content (AvgIpc) is 3.43. The maximum atomic E-state index is 11.8. The maximum Gasteiger partial charge on any atom is 0.253 e. The fourth-order valence-corrected chi connectivity index (χ4v) is 3.22. The van der Waals surface area contributed by atoms with Crippen molar-refractivity contribution in [3.8, 4) is 0 Å². The van der Waals surface area contributed by atoms with Crippen LogP contribution < -0.4 is 10.5 Å². The van der Waals surface area contributed by atoms with Crippen LogP contribution in [0.5, 0.6) is 0 Å². The van der Waals surface area contributed by atoms with Crippen LogP contribution in [-0.4, -0.2) is 32.6 Å². The summed E-state index contributed by atoms with van der Waals surface area (Å²) in [7, 11) is 0. The summed E-state index contributed by atoms with van der Waals surface area (Å²) in [4.78, 5) is 27.3. The zero-order chi connectivity index (χ0) is 15.6. The van der Waals surface area contributed by atoms with Crippen LogP contribution in [-0.2, 0) is 6.54 Å². The first-order valence-corrected chi connectivity index (χ1v) is 8.38. The number of aromatic nitrogens is 4. The van der Waals surface area contributed by atoms with Crippen LogP contribution in [0.1, 0.15) is 37.4 Å². The van der Waals surface area contributed by atoms with Gasteiger partial charge < -0.3 is 4.90 Å². The first kappa shape index (κ1) is 14.4. The van der Waals surface area contributed by atoms with Gasteiger partial charge in [-0.05, 0) is 37.7 Å². The van der Waals surface area contributed by atoms with Crippen molar-refractivity contribution in [3.05, 3.63) is 47.0 Å². The van der Waals surface area contributed by atoms with Gasteiger partial charge in [-0.15, -0.1) is 0 Å². The van der Waals surface area contributed by atoms with Crippen molar-refractivity contribution in [2.45, 2.75) is 38.1 Å². The molecule has 0 spiro atoms. The minimum atomic E-state index is 0.0345. The smallest absolute Gasteiger partial charge is 0.253 e. The maximum absolute atomic E-state index is 11.8. The molecule has 1 aliphatic heterocycles. The Labute approximate surface area is 135 Å². The van der Waals surface area contributed by atoms with E-state index in [4.69, 9.17) is 4.98 Å². The van der Waals surface area contributed by atoms with Gasteiger partial charge in [-0.25, -0.2) is 15.0 Å². The molecule has 120 valence electrons. The fourth-order valence-electron chi connectivity index (χ4n) is 3.22. The Balaban J connectivity index is 1.38. The lowest BCUT2D eigenvalue weighted by Crippen LogP contribution is -2.36. The van der Waals surface area contributed by atoms with Crippen LogP contribution in [0.3, 0.4) is 0 Å². The standard InChI is InChI=1S/C17H21N5O/c23-16-4-7-18-12-22(16)11-13-5-9-21(10-6-13)15-3-8-19-17(20-15)14-1-2-14/h3-4,7-8,12-14H,1-2,5-6,9-11H2. The summed E-state index contributed by atoms with van der Waals surface area (Å²) in [5, 5.41) is 0. The number of piperidine rings is 1. The van der Waals surface area contributed by atoms with Crippen LogP contribution in [0.4, 0.5) is 5.82 Å². The molecule has 0 amide bonds. The van der Waals surface area contributed by atoms with Gasteiger partial charge in [0.2, 0.25) is 0 Å². The van der Waals surface area contributed by atoms with Crippen molar-refractivity contribution >= 4 is 5.82 Å². The highest BCUT2D eigenvalue weighted by molar-refractivity contribution is 5.38. The Kier molecular flexibility index (Phi) is 3.81. The first-order chi connectivity index (χ1) is 11.3. The molecule has 3 heterocycles. The lowest BCUT2D eigenvalue weighted by atomic mass is 9.96. The van der Waals surface area contributed by atoms with E-state index in [1.54, 1.807) is 17.1 Å². The second-order valence-corrected chi connectivity index (χ2v) is 6.55.